The number of nitrogens with one attached hydrogen (secondary N) is 1. The fraction of sp³-hybridized carbons (Fsp3) is 0.647. The van der Waals surface area contributed by atoms with Crippen LogP contribution in [-0.4, -0.2) is 37.7 Å². The average molecular weight is 309 g/mol. The van der Waals surface area contributed by atoms with E-state index < -0.39 is 0 Å². The van der Waals surface area contributed by atoms with Gasteiger partial charge in [0.05, 0.1) is 0 Å². The number of ether oxygens (including phenoxy) is 1. The molecule has 1 aromatic carbocycles. The highest BCUT2D eigenvalue weighted by Crippen LogP contribution is 2.40. The van der Waals surface area contributed by atoms with Gasteiger partial charge in [-0.15, -0.1) is 12.4 Å². The molecule has 0 saturated carbocycles. The summed E-state index contributed by atoms with van der Waals surface area (Å²) in [6.07, 6.45) is 5.06. The minimum absolute atomic E-state index is 0. The van der Waals surface area contributed by atoms with Gasteiger partial charge in [0.15, 0.2) is 0 Å². The molecule has 3 nitrogen and oxygen atoms in total. The zero-order valence-electron chi connectivity index (χ0n) is 12.6. The van der Waals surface area contributed by atoms with Gasteiger partial charge >= 0.3 is 0 Å². The highest BCUT2D eigenvalue weighted by Gasteiger charge is 2.39. The van der Waals surface area contributed by atoms with E-state index in [1.165, 1.54) is 55.6 Å². The second kappa shape index (κ2) is 6.15. The SMILES string of the molecule is Cl.c1cc2c(c(CN3CCC4(CCOCC4)C3)c1)NCC2. The molecule has 0 aliphatic carbocycles. The van der Waals surface area contributed by atoms with E-state index in [1.54, 1.807) is 0 Å². The maximum Gasteiger partial charge on any atom is 0.0471 e. The zero-order chi connectivity index (χ0) is 13.4. The van der Waals surface area contributed by atoms with Crippen LogP contribution < -0.4 is 5.32 Å². The predicted molar refractivity (Wildman–Crippen MR) is 88.3 cm³/mol. The van der Waals surface area contributed by atoms with Crippen molar-refractivity contribution in [2.75, 3.05) is 38.2 Å². The van der Waals surface area contributed by atoms with Crippen LogP contribution in [0.5, 0.6) is 0 Å². The first-order valence-corrected chi connectivity index (χ1v) is 7.99. The maximum absolute atomic E-state index is 5.54. The summed E-state index contributed by atoms with van der Waals surface area (Å²) in [5.74, 6) is 0. The number of fused-ring (bicyclic) bond motifs is 1. The summed E-state index contributed by atoms with van der Waals surface area (Å²) in [6, 6.07) is 6.79. The molecule has 0 aromatic heterocycles. The van der Waals surface area contributed by atoms with E-state index in [1.807, 2.05) is 0 Å². The number of likely N-dealkylation sites (tertiary alicyclic amines) is 1. The summed E-state index contributed by atoms with van der Waals surface area (Å²) in [6.45, 7) is 6.67. The van der Waals surface area contributed by atoms with Crippen molar-refractivity contribution in [2.45, 2.75) is 32.2 Å². The Kier molecular flexibility index (Phi) is 4.43. The fourth-order valence-electron chi connectivity index (χ4n) is 4.16. The van der Waals surface area contributed by atoms with E-state index in [9.17, 15) is 0 Å². The smallest absolute Gasteiger partial charge is 0.0471 e. The molecule has 3 aliphatic rings. The molecule has 21 heavy (non-hydrogen) atoms. The lowest BCUT2D eigenvalue weighted by molar-refractivity contribution is 0.0190. The van der Waals surface area contributed by atoms with Crippen LogP contribution in [0.25, 0.3) is 0 Å². The standard InChI is InChI=1S/C17H24N2O.ClH/c1-2-14-4-8-18-16(14)15(3-1)12-19-9-5-17(13-19)6-10-20-11-7-17;/h1-3,18H,4-13H2;1H. The average Bonchev–Trinajstić information content (AvgIpc) is 3.08. The first-order chi connectivity index (χ1) is 9.85. The first-order valence-electron chi connectivity index (χ1n) is 7.99. The highest BCUT2D eigenvalue weighted by atomic mass is 35.5. The molecule has 1 aromatic rings. The number of hydrogen-bond donors (Lipinski definition) is 1. The number of halogens is 1. The van der Waals surface area contributed by atoms with Gasteiger partial charge in [0.2, 0.25) is 0 Å². The Hall–Kier alpha value is -0.770. The molecule has 1 spiro atoms. The molecule has 0 amide bonds. The Balaban J connectivity index is 0.00000132. The van der Waals surface area contributed by atoms with Crippen LogP contribution in [0.3, 0.4) is 0 Å². The lowest BCUT2D eigenvalue weighted by atomic mass is 9.80. The van der Waals surface area contributed by atoms with Crippen molar-refractivity contribution in [1.29, 1.82) is 0 Å². The monoisotopic (exact) mass is 308 g/mol. The molecular formula is C17H25ClN2O. The Labute approximate surface area is 133 Å². The van der Waals surface area contributed by atoms with Gasteiger partial charge in [-0.25, -0.2) is 0 Å². The quantitative estimate of drug-likeness (QED) is 0.908. The van der Waals surface area contributed by atoms with Gasteiger partial charge < -0.3 is 10.1 Å². The van der Waals surface area contributed by atoms with E-state index >= 15 is 0 Å². The molecule has 0 radical (unpaired) electrons. The van der Waals surface area contributed by atoms with Crippen molar-refractivity contribution >= 4 is 18.1 Å². The minimum atomic E-state index is 0. The van der Waals surface area contributed by atoms with E-state index in [2.05, 4.69) is 28.4 Å². The topological polar surface area (TPSA) is 24.5 Å². The second-order valence-corrected chi connectivity index (χ2v) is 6.70. The molecule has 116 valence electrons. The molecule has 2 fully saturated rings. The zero-order valence-corrected chi connectivity index (χ0v) is 13.4. The molecule has 0 unspecified atom stereocenters. The van der Waals surface area contributed by atoms with Crippen LogP contribution in [0, 0.1) is 5.41 Å². The third kappa shape index (κ3) is 2.92. The summed E-state index contributed by atoms with van der Waals surface area (Å²) in [5.41, 5.74) is 4.97. The number of para-hydroxylation sites is 1. The highest BCUT2D eigenvalue weighted by molar-refractivity contribution is 5.85. The van der Waals surface area contributed by atoms with Crippen molar-refractivity contribution in [3.63, 3.8) is 0 Å². The lowest BCUT2D eigenvalue weighted by Gasteiger charge is -2.33. The van der Waals surface area contributed by atoms with Crippen molar-refractivity contribution < 1.29 is 4.74 Å². The van der Waals surface area contributed by atoms with E-state index in [0.717, 1.165) is 26.3 Å². The van der Waals surface area contributed by atoms with Crippen LogP contribution in [-0.2, 0) is 17.7 Å². The van der Waals surface area contributed by atoms with Gasteiger partial charge in [-0.05, 0) is 48.8 Å². The van der Waals surface area contributed by atoms with Crippen molar-refractivity contribution in [3.05, 3.63) is 29.3 Å². The van der Waals surface area contributed by atoms with Crippen LogP contribution in [0.2, 0.25) is 0 Å². The van der Waals surface area contributed by atoms with Gasteiger partial charge in [0.1, 0.15) is 0 Å². The predicted octanol–water partition coefficient (Wildman–Crippen LogP) is 3.08. The molecule has 2 saturated heterocycles. The molecule has 0 atom stereocenters. The lowest BCUT2D eigenvalue weighted by Crippen LogP contribution is -2.32. The van der Waals surface area contributed by atoms with Gasteiger partial charge in [-0.3, -0.25) is 4.90 Å². The summed E-state index contributed by atoms with van der Waals surface area (Å²) in [5, 5.41) is 3.57. The molecule has 3 heterocycles. The first kappa shape index (κ1) is 15.1. The number of nitrogens with zero attached hydrogens (tertiary/aromatic N) is 1. The number of rotatable bonds is 2. The number of benzene rings is 1. The number of anilines is 1. The molecular weight excluding hydrogens is 284 g/mol. The Morgan fingerprint density at radius 3 is 2.90 bits per heavy atom. The van der Waals surface area contributed by atoms with Crippen molar-refractivity contribution in [3.8, 4) is 0 Å². The number of hydrogen-bond acceptors (Lipinski definition) is 3. The van der Waals surface area contributed by atoms with E-state index in [4.69, 9.17) is 4.74 Å². The second-order valence-electron chi connectivity index (χ2n) is 6.70. The van der Waals surface area contributed by atoms with Crippen LogP contribution in [0.15, 0.2) is 18.2 Å². The minimum Gasteiger partial charge on any atom is -0.384 e. The Bertz CT molecular complexity index is 500. The van der Waals surface area contributed by atoms with Gasteiger partial charge in [0.25, 0.3) is 0 Å². The molecule has 4 rings (SSSR count). The van der Waals surface area contributed by atoms with Gasteiger partial charge in [-0.2, -0.15) is 0 Å². The summed E-state index contributed by atoms with van der Waals surface area (Å²) >= 11 is 0. The van der Waals surface area contributed by atoms with Gasteiger partial charge in [-0.1, -0.05) is 18.2 Å². The van der Waals surface area contributed by atoms with Gasteiger partial charge in [0, 0.05) is 38.5 Å². The van der Waals surface area contributed by atoms with Crippen LogP contribution in [0.1, 0.15) is 30.4 Å². The van der Waals surface area contributed by atoms with E-state index in [0.29, 0.717) is 5.41 Å². The van der Waals surface area contributed by atoms with Crippen LogP contribution >= 0.6 is 12.4 Å². The van der Waals surface area contributed by atoms with Crippen molar-refractivity contribution in [2.24, 2.45) is 5.41 Å². The summed E-state index contributed by atoms with van der Waals surface area (Å²) < 4.78 is 5.54. The molecule has 3 aliphatic heterocycles. The Morgan fingerprint density at radius 2 is 2.05 bits per heavy atom. The Morgan fingerprint density at radius 1 is 1.19 bits per heavy atom. The van der Waals surface area contributed by atoms with E-state index in [-0.39, 0.29) is 12.4 Å². The van der Waals surface area contributed by atoms with Crippen molar-refractivity contribution in [1.82, 2.24) is 4.90 Å². The largest absolute Gasteiger partial charge is 0.384 e. The molecule has 1 N–H and O–H groups in total. The van der Waals surface area contributed by atoms with Crippen LogP contribution in [0.4, 0.5) is 5.69 Å². The maximum atomic E-state index is 5.54. The normalized spacial score (nSPS) is 23.6. The summed E-state index contributed by atoms with van der Waals surface area (Å²) in [7, 11) is 0. The summed E-state index contributed by atoms with van der Waals surface area (Å²) in [4.78, 5) is 2.65. The third-order valence-corrected chi connectivity index (χ3v) is 5.40. The third-order valence-electron chi connectivity index (χ3n) is 5.40. The molecule has 4 heteroatoms. The fourth-order valence-corrected chi connectivity index (χ4v) is 4.16. The molecule has 0 bridgehead atoms.